The highest BCUT2D eigenvalue weighted by molar-refractivity contribution is 6.10. The van der Waals surface area contributed by atoms with Crippen molar-refractivity contribution >= 4 is 16.7 Å². The summed E-state index contributed by atoms with van der Waals surface area (Å²) >= 11 is 0. The first-order valence-corrected chi connectivity index (χ1v) is 7.24. The molecule has 2 heteroatoms. The zero-order valence-corrected chi connectivity index (χ0v) is 12.0. The maximum Gasteiger partial charge on any atom is 0.188 e. The van der Waals surface area contributed by atoms with Crippen molar-refractivity contribution in [2.24, 2.45) is 5.92 Å². The van der Waals surface area contributed by atoms with Crippen molar-refractivity contribution in [2.75, 3.05) is 0 Å². The lowest BCUT2D eigenvalue weighted by atomic mass is 9.87. The van der Waals surface area contributed by atoms with Crippen molar-refractivity contribution in [1.29, 1.82) is 0 Å². The largest absolute Gasteiger partial charge is 0.289 e. The number of aromatic nitrogens is 1. The molecule has 1 unspecified atom stereocenters. The molecule has 0 spiro atoms. The van der Waals surface area contributed by atoms with Gasteiger partial charge in [0, 0.05) is 16.6 Å². The summed E-state index contributed by atoms with van der Waals surface area (Å²) in [6.45, 7) is 4.22. The molecule has 1 aliphatic rings. The number of aryl methyl sites for hydroxylation is 1. The van der Waals surface area contributed by atoms with Gasteiger partial charge in [-0.2, -0.15) is 0 Å². The van der Waals surface area contributed by atoms with Crippen LogP contribution in [0, 0.1) is 12.8 Å². The SMILES string of the molecule is Cc1ccc2cc(C(=O)C3=CCC(C)CC3)ccc2n1. The van der Waals surface area contributed by atoms with Gasteiger partial charge in [0.15, 0.2) is 5.78 Å². The zero-order chi connectivity index (χ0) is 14.1. The van der Waals surface area contributed by atoms with E-state index in [1.807, 2.05) is 37.3 Å². The Morgan fingerprint density at radius 2 is 2.10 bits per heavy atom. The molecule has 3 rings (SSSR count). The van der Waals surface area contributed by atoms with E-state index in [9.17, 15) is 4.79 Å². The van der Waals surface area contributed by atoms with Gasteiger partial charge in [-0.05, 0) is 61.9 Å². The van der Waals surface area contributed by atoms with Gasteiger partial charge in [-0.25, -0.2) is 0 Å². The number of hydrogen-bond donors (Lipinski definition) is 0. The molecule has 0 bridgehead atoms. The second-order valence-corrected chi connectivity index (χ2v) is 5.80. The van der Waals surface area contributed by atoms with Gasteiger partial charge >= 0.3 is 0 Å². The number of nitrogens with zero attached hydrogens (tertiary/aromatic N) is 1. The molecular formula is C18H19NO. The second kappa shape index (κ2) is 5.20. The van der Waals surface area contributed by atoms with E-state index in [4.69, 9.17) is 0 Å². The van der Waals surface area contributed by atoms with E-state index in [0.29, 0.717) is 5.92 Å². The number of carbonyl (C=O) groups is 1. The third-order valence-electron chi connectivity index (χ3n) is 4.06. The number of Topliss-reactive ketones (excluding diaryl/α,β-unsaturated/α-hetero) is 1. The Labute approximate surface area is 119 Å². The van der Waals surface area contributed by atoms with Crippen LogP contribution >= 0.6 is 0 Å². The molecule has 2 nitrogen and oxygen atoms in total. The normalized spacial score (nSPS) is 18.9. The smallest absolute Gasteiger partial charge is 0.188 e. The molecule has 20 heavy (non-hydrogen) atoms. The Morgan fingerprint density at radius 1 is 1.25 bits per heavy atom. The van der Waals surface area contributed by atoms with E-state index in [1.54, 1.807) is 0 Å². The van der Waals surface area contributed by atoms with Crippen LogP contribution in [-0.4, -0.2) is 10.8 Å². The molecular weight excluding hydrogens is 246 g/mol. The number of fused-ring (bicyclic) bond motifs is 1. The Kier molecular flexibility index (Phi) is 3.39. The van der Waals surface area contributed by atoms with Crippen LogP contribution in [0.2, 0.25) is 0 Å². The predicted molar refractivity (Wildman–Crippen MR) is 81.9 cm³/mol. The van der Waals surface area contributed by atoms with E-state index >= 15 is 0 Å². The molecule has 1 aromatic heterocycles. The quantitative estimate of drug-likeness (QED) is 0.750. The first kappa shape index (κ1) is 13.0. The molecule has 102 valence electrons. The first-order valence-electron chi connectivity index (χ1n) is 7.24. The Balaban J connectivity index is 1.94. The van der Waals surface area contributed by atoms with Crippen LogP contribution in [0.1, 0.15) is 42.2 Å². The molecule has 2 aromatic rings. The Bertz CT molecular complexity index is 700. The summed E-state index contributed by atoms with van der Waals surface area (Å²) in [4.78, 5) is 17.0. The summed E-state index contributed by atoms with van der Waals surface area (Å²) in [6, 6.07) is 9.82. The molecule has 1 aliphatic carbocycles. The van der Waals surface area contributed by atoms with Gasteiger partial charge in [-0.1, -0.05) is 19.1 Å². The van der Waals surface area contributed by atoms with Crippen LogP contribution in [-0.2, 0) is 0 Å². The van der Waals surface area contributed by atoms with E-state index in [2.05, 4.69) is 18.0 Å². The van der Waals surface area contributed by atoms with E-state index < -0.39 is 0 Å². The number of ketones is 1. The van der Waals surface area contributed by atoms with Gasteiger partial charge in [0.2, 0.25) is 0 Å². The molecule has 1 atom stereocenters. The number of carbonyl (C=O) groups excluding carboxylic acids is 1. The van der Waals surface area contributed by atoms with E-state index in [1.165, 1.54) is 0 Å². The maximum absolute atomic E-state index is 12.5. The highest BCUT2D eigenvalue weighted by Gasteiger charge is 2.17. The second-order valence-electron chi connectivity index (χ2n) is 5.80. The highest BCUT2D eigenvalue weighted by atomic mass is 16.1. The third-order valence-corrected chi connectivity index (χ3v) is 4.06. The maximum atomic E-state index is 12.5. The lowest BCUT2D eigenvalue weighted by Crippen LogP contribution is -2.10. The van der Waals surface area contributed by atoms with Crippen molar-refractivity contribution in [2.45, 2.75) is 33.1 Å². The Morgan fingerprint density at radius 3 is 2.85 bits per heavy atom. The number of allylic oxidation sites excluding steroid dienone is 2. The molecule has 0 radical (unpaired) electrons. The summed E-state index contributed by atoms with van der Waals surface area (Å²) in [6.07, 6.45) is 5.17. The van der Waals surface area contributed by atoms with E-state index in [-0.39, 0.29) is 5.78 Å². The lowest BCUT2D eigenvalue weighted by molar-refractivity contribution is 0.102. The topological polar surface area (TPSA) is 30.0 Å². The minimum atomic E-state index is 0.180. The van der Waals surface area contributed by atoms with Gasteiger partial charge in [0.25, 0.3) is 0 Å². The number of pyridine rings is 1. The van der Waals surface area contributed by atoms with Gasteiger partial charge in [-0.15, -0.1) is 0 Å². The average Bonchev–Trinajstić information content (AvgIpc) is 2.47. The molecule has 1 heterocycles. The van der Waals surface area contributed by atoms with Gasteiger partial charge < -0.3 is 0 Å². The van der Waals surface area contributed by atoms with Crippen molar-refractivity contribution in [3.8, 4) is 0 Å². The summed E-state index contributed by atoms with van der Waals surface area (Å²) in [5.41, 5.74) is 3.71. The number of rotatable bonds is 2. The fourth-order valence-electron chi connectivity index (χ4n) is 2.73. The fraction of sp³-hybridized carbons (Fsp3) is 0.333. The van der Waals surface area contributed by atoms with Gasteiger partial charge in [0.1, 0.15) is 0 Å². The standard InChI is InChI=1S/C18H19NO/c1-12-3-6-14(7-4-12)18(20)16-9-10-17-15(11-16)8-5-13(2)19-17/h5-6,8-12H,3-4,7H2,1-2H3. The van der Waals surface area contributed by atoms with Crippen molar-refractivity contribution in [3.05, 3.63) is 53.2 Å². The van der Waals surface area contributed by atoms with Gasteiger partial charge in [-0.3, -0.25) is 9.78 Å². The minimum absolute atomic E-state index is 0.180. The van der Waals surface area contributed by atoms with Crippen molar-refractivity contribution < 1.29 is 4.79 Å². The van der Waals surface area contributed by atoms with Crippen molar-refractivity contribution in [1.82, 2.24) is 4.98 Å². The molecule has 0 saturated carbocycles. The van der Waals surface area contributed by atoms with Crippen LogP contribution in [0.25, 0.3) is 10.9 Å². The van der Waals surface area contributed by atoms with Crippen LogP contribution in [0.3, 0.4) is 0 Å². The van der Waals surface area contributed by atoms with Crippen molar-refractivity contribution in [3.63, 3.8) is 0 Å². The summed E-state index contributed by atoms with van der Waals surface area (Å²) in [5, 5.41) is 1.03. The monoisotopic (exact) mass is 265 g/mol. The molecule has 1 aromatic carbocycles. The van der Waals surface area contributed by atoms with E-state index in [0.717, 1.165) is 47.0 Å². The fourth-order valence-corrected chi connectivity index (χ4v) is 2.73. The van der Waals surface area contributed by atoms with Crippen LogP contribution in [0.15, 0.2) is 42.0 Å². The third kappa shape index (κ3) is 2.51. The van der Waals surface area contributed by atoms with Crippen LogP contribution in [0.4, 0.5) is 0 Å². The highest BCUT2D eigenvalue weighted by Crippen LogP contribution is 2.26. The van der Waals surface area contributed by atoms with Crippen LogP contribution in [0.5, 0.6) is 0 Å². The lowest BCUT2D eigenvalue weighted by Gasteiger charge is -2.17. The summed E-state index contributed by atoms with van der Waals surface area (Å²) in [5.74, 6) is 0.884. The minimum Gasteiger partial charge on any atom is -0.289 e. The first-order chi connectivity index (χ1) is 9.63. The summed E-state index contributed by atoms with van der Waals surface area (Å²) < 4.78 is 0. The predicted octanol–water partition coefficient (Wildman–Crippen LogP) is 4.47. The van der Waals surface area contributed by atoms with Gasteiger partial charge in [0.05, 0.1) is 5.52 Å². The number of benzene rings is 1. The number of hydrogen-bond acceptors (Lipinski definition) is 2. The average molecular weight is 265 g/mol. The molecule has 0 saturated heterocycles. The Hall–Kier alpha value is -1.96. The zero-order valence-electron chi connectivity index (χ0n) is 12.0. The molecule has 0 N–H and O–H groups in total. The van der Waals surface area contributed by atoms with Crippen LogP contribution < -0.4 is 0 Å². The summed E-state index contributed by atoms with van der Waals surface area (Å²) in [7, 11) is 0. The molecule has 0 amide bonds. The molecule has 0 fully saturated rings. The molecule has 0 aliphatic heterocycles.